The zero-order chi connectivity index (χ0) is 32.0. The Labute approximate surface area is 259 Å². The maximum absolute atomic E-state index is 13.8. The van der Waals surface area contributed by atoms with Crippen LogP contribution in [0, 0.1) is 6.92 Å². The van der Waals surface area contributed by atoms with Crippen molar-refractivity contribution in [2.75, 3.05) is 13.2 Å². The summed E-state index contributed by atoms with van der Waals surface area (Å²) in [6.45, 7) is 0.612. The lowest BCUT2D eigenvalue weighted by Gasteiger charge is -2.35. The first-order chi connectivity index (χ1) is 21.7. The first-order valence-electron chi connectivity index (χ1n) is 14.6. The highest BCUT2D eigenvalue weighted by molar-refractivity contribution is 5.76. The number of rotatable bonds is 11. The van der Waals surface area contributed by atoms with Crippen molar-refractivity contribution in [1.29, 1.82) is 0 Å². The van der Waals surface area contributed by atoms with Gasteiger partial charge in [0.1, 0.15) is 31.1 Å². The van der Waals surface area contributed by atoms with Crippen molar-refractivity contribution in [2.24, 2.45) is 5.73 Å². The lowest BCUT2D eigenvalue weighted by molar-refractivity contribution is -0.160. The maximum Gasteiger partial charge on any atom is 0.330 e. The first-order valence-corrected chi connectivity index (χ1v) is 14.6. The Bertz CT molecular complexity index is 1630. The number of aromatic amines is 1. The molecular weight excluding hydrogens is 578 g/mol. The summed E-state index contributed by atoms with van der Waals surface area (Å²) >= 11 is 0. The molecule has 1 aliphatic heterocycles. The fourth-order valence-electron chi connectivity index (χ4n) is 5.67. The van der Waals surface area contributed by atoms with Crippen LogP contribution in [0.1, 0.15) is 41.3 Å². The number of nitrogens with one attached hydrogen (secondary N) is 1. The van der Waals surface area contributed by atoms with Gasteiger partial charge in [-0.1, -0.05) is 91.0 Å². The minimum absolute atomic E-state index is 0.0134. The standard InChI is InChI=1S/C34H35N3O8/c1-22-19-37(33(42)36-31(22)40)29-17-27(45-32(41)26(35)20-38)28(44-29)21-43-30(39)18-34(23-11-5-2-6-12-23,24-13-7-3-8-14-24)25-15-9-4-10-16-25/h2-16,19,26-29,38H,17-18,20-21,35H2,1H3,(H,36,40,42)/t26-,27-,28+,29+/m0/s1. The molecule has 1 aliphatic rings. The highest BCUT2D eigenvalue weighted by Crippen LogP contribution is 2.42. The van der Waals surface area contributed by atoms with Crippen molar-refractivity contribution >= 4 is 11.9 Å². The van der Waals surface area contributed by atoms with Gasteiger partial charge in [-0.2, -0.15) is 0 Å². The Kier molecular flexibility index (Phi) is 9.72. The van der Waals surface area contributed by atoms with Crippen LogP contribution in [0.2, 0.25) is 0 Å². The zero-order valence-corrected chi connectivity index (χ0v) is 24.7. The van der Waals surface area contributed by atoms with E-state index >= 15 is 0 Å². The number of hydrogen-bond donors (Lipinski definition) is 3. The van der Waals surface area contributed by atoms with E-state index in [2.05, 4.69) is 4.98 Å². The van der Waals surface area contributed by atoms with E-state index in [1.54, 1.807) is 6.92 Å². The molecule has 1 aromatic heterocycles. The number of aromatic nitrogens is 2. The van der Waals surface area contributed by atoms with Crippen LogP contribution in [0.5, 0.6) is 0 Å². The SMILES string of the molecule is Cc1cn([C@H]2C[C@H](OC(=O)[C@@H](N)CO)[C@@H](COC(=O)CC(c3ccccc3)(c3ccccc3)c3ccccc3)O2)c(=O)[nH]c1=O. The molecule has 0 bridgehead atoms. The van der Waals surface area contributed by atoms with Crippen molar-refractivity contribution in [1.82, 2.24) is 9.55 Å². The molecule has 4 aromatic rings. The van der Waals surface area contributed by atoms with E-state index in [1.165, 1.54) is 10.8 Å². The molecule has 5 rings (SSSR count). The number of nitrogens with two attached hydrogens (primary N) is 1. The van der Waals surface area contributed by atoms with Crippen LogP contribution in [0.3, 0.4) is 0 Å². The van der Waals surface area contributed by atoms with Crippen molar-refractivity contribution in [3.63, 3.8) is 0 Å². The quantitative estimate of drug-likeness (QED) is 0.170. The van der Waals surface area contributed by atoms with Gasteiger partial charge in [-0.3, -0.25) is 23.9 Å². The van der Waals surface area contributed by atoms with Crippen LogP contribution in [0.4, 0.5) is 0 Å². The summed E-state index contributed by atoms with van der Waals surface area (Å²) in [5, 5.41) is 9.33. The van der Waals surface area contributed by atoms with Gasteiger partial charge < -0.3 is 25.1 Å². The predicted octanol–water partition coefficient (Wildman–Crippen LogP) is 2.33. The van der Waals surface area contributed by atoms with Crippen LogP contribution < -0.4 is 17.0 Å². The predicted molar refractivity (Wildman–Crippen MR) is 164 cm³/mol. The summed E-state index contributed by atoms with van der Waals surface area (Å²) in [5.74, 6) is -1.41. The largest absolute Gasteiger partial charge is 0.463 e. The molecule has 2 heterocycles. The monoisotopic (exact) mass is 613 g/mol. The lowest BCUT2D eigenvalue weighted by Crippen LogP contribution is -2.41. The Morgan fingerprint density at radius 2 is 1.51 bits per heavy atom. The number of esters is 2. The van der Waals surface area contributed by atoms with Gasteiger partial charge in [-0.05, 0) is 23.6 Å². The summed E-state index contributed by atoms with van der Waals surface area (Å²) in [5.41, 5.74) is 6.51. The second-order valence-corrected chi connectivity index (χ2v) is 11.0. The number of hydrogen-bond acceptors (Lipinski definition) is 9. The lowest BCUT2D eigenvalue weighted by atomic mass is 9.67. The van der Waals surface area contributed by atoms with Gasteiger partial charge in [0, 0.05) is 18.2 Å². The highest BCUT2D eigenvalue weighted by atomic mass is 16.6. The molecule has 0 radical (unpaired) electrons. The Hall–Kier alpha value is -4.84. The molecule has 0 spiro atoms. The number of nitrogens with zero attached hydrogens (tertiary/aromatic N) is 1. The van der Waals surface area contributed by atoms with E-state index in [9.17, 15) is 24.3 Å². The molecule has 1 saturated heterocycles. The van der Waals surface area contributed by atoms with Crippen LogP contribution >= 0.6 is 0 Å². The minimum Gasteiger partial charge on any atom is -0.463 e. The molecule has 0 saturated carbocycles. The summed E-state index contributed by atoms with van der Waals surface area (Å²) in [4.78, 5) is 53.0. The molecule has 11 heteroatoms. The topological polar surface area (TPSA) is 163 Å². The van der Waals surface area contributed by atoms with Gasteiger partial charge in [0.25, 0.3) is 5.56 Å². The molecular formula is C34H35N3O8. The molecule has 3 aromatic carbocycles. The van der Waals surface area contributed by atoms with E-state index in [1.807, 2.05) is 91.0 Å². The van der Waals surface area contributed by atoms with E-state index in [-0.39, 0.29) is 25.0 Å². The van der Waals surface area contributed by atoms with Gasteiger partial charge in [-0.25, -0.2) is 4.79 Å². The van der Waals surface area contributed by atoms with Crippen molar-refractivity contribution in [3.8, 4) is 0 Å². The fraction of sp³-hybridized carbons (Fsp3) is 0.294. The van der Waals surface area contributed by atoms with Gasteiger partial charge >= 0.3 is 17.6 Å². The molecule has 1 fully saturated rings. The van der Waals surface area contributed by atoms with Crippen LogP contribution in [0.25, 0.3) is 0 Å². The van der Waals surface area contributed by atoms with E-state index in [4.69, 9.17) is 19.9 Å². The van der Waals surface area contributed by atoms with Crippen LogP contribution in [-0.4, -0.2) is 58.1 Å². The minimum atomic E-state index is -1.28. The summed E-state index contributed by atoms with van der Waals surface area (Å²) in [6, 6.07) is 27.8. The average molecular weight is 614 g/mol. The molecule has 0 unspecified atom stereocenters. The third-order valence-electron chi connectivity index (χ3n) is 8.02. The molecule has 45 heavy (non-hydrogen) atoms. The highest BCUT2D eigenvalue weighted by Gasteiger charge is 2.43. The maximum atomic E-state index is 13.8. The second-order valence-electron chi connectivity index (χ2n) is 11.0. The zero-order valence-electron chi connectivity index (χ0n) is 24.7. The second kappa shape index (κ2) is 13.9. The normalized spacial score (nSPS) is 18.7. The average Bonchev–Trinajstić information content (AvgIpc) is 3.47. The number of H-pyrrole nitrogens is 1. The van der Waals surface area contributed by atoms with Gasteiger partial charge in [0.05, 0.1) is 18.4 Å². The van der Waals surface area contributed by atoms with Gasteiger partial charge in [-0.15, -0.1) is 0 Å². The number of benzene rings is 3. The molecule has 11 nitrogen and oxygen atoms in total. The number of aryl methyl sites for hydroxylation is 1. The molecule has 0 amide bonds. The van der Waals surface area contributed by atoms with Crippen LogP contribution in [0.15, 0.2) is 107 Å². The molecule has 234 valence electrons. The first kappa shape index (κ1) is 31.6. The molecule has 0 aliphatic carbocycles. The van der Waals surface area contributed by atoms with E-state index < -0.39 is 59.7 Å². The number of ether oxygens (including phenoxy) is 3. The van der Waals surface area contributed by atoms with Gasteiger partial charge in [0.2, 0.25) is 0 Å². The van der Waals surface area contributed by atoms with Gasteiger partial charge in [0.15, 0.2) is 0 Å². The Morgan fingerprint density at radius 3 is 2.02 bits per heavy atom. The van der Waals surface area contributed by atoms with E-state index in [0.717, 1.165) is 16.7 Å². The molecule has 4 atom stereocenters. The number of aliphatic hydroxyl groups excluding tert-OH is 1. The smallest absolute Gasteiger partial charge is 0.330 e. The number of carbonyl (C=O) groups excluding carboxylic acids is 2. The van der Waals surface area contributed by atoms with Crippen molar-refractivity contribution in [2.45, 2.75) is 49.7 Å². The van der Waals surface area contributed by atoms with Crippen molar-refractivity contribution in [3.05, 3.63) is 140 Å². The van der Waals surface area contributed by atoms with Crippen LogP contribution in [-0.2, 0) is 29.2 Å². The third kappa shape index (κ3) is 6.80. The summed E-state index contributed by atoms with van der Waals surface area (Å²) in [6.07, 6.45) is -1.55. The van der Waals surface area contributed by atoms with E-state index in [0.29, 0.717) is 0 Å². The molecule has 4 N–H and O–H groups in total. The Balaban J connectivity index is 1.43. The number of aliphatic hydroxyl groups is 1. The fourth-order valence-corrected chi connectivity index (χ4v) is 5.67. The summed E-state index contributed by atoms with van der Waals surface area (Å²) < 4.78 is 18.6. The third-order valence-corrected chi connectivity index (χ3v) is 8.02. The van der Waals surface area contributed by atoms with Crippen molar-refractivity contribution < 1.29 is 28.9 Å². The summed E-state index contributed by atoms with van der Waals surface area (Å²) in [7, 11) is 0. The number of carbonyl (C=O) groups is 2. The Morgan fingerprint density at radius 1 is 0.978 bits per heavy atom.